The summed E-state index contributed by atoms with van der Waals surface area (Å²) < 4.78 is 0. The van der Waals surface area contributed by atoms with Crippen molar-refractivity contribution in [3.63, 3.8) is 0 Å². The average Bonchev–Trinajstić information content (AvgIpc) is 2.95. The summed E-state index contributed by atoms with van der Waals surface area (Å²) in [5, 5.41) is 3.38. The summed E-state index contributed by atoms with van der Waals surface area (Å²) in [4.78, 5) is 26.8. The molecule has 1 aromatic carbocycles. The van der Waals surface area contributed by atoms with Gasteiger partial charge in [0.1, 0.15) is 0 Å². The van der Waals surface area contributed by atoms with Gasteiger partial charge in [-0.25, -0.2) is 4.79 Å². The Morgan fingerprint density at radius 1 is 1.23 bits per heavy atom. The van der Waals surface area contributed by atoms with Gasteiger partial charge >= 0.3 is 6.03 Å². The smallest absolute Gasteiger partial charge is 0.321 e. The van der Waals surface area contributed by atoms with E-state index in [9.17, 15) is 9.59 Å². The molecule has 2 aliphatic heterocycles. The van der Waals surface area contributed by atoms with Crippen molar-refractivity contribution in [3.8, 4) is 0 Å². The van der Waals surface area contributed by atoms with E-state index < -0.39 is 0 Å². The largest absolute Gasteiger partial charge is 0.369 e. The first kappa shape index (κ1) is 19.0. The first-order valence-corrected chi connectivity index (χ1v) is 9.95. The van der Waals surface area contributed by atoms with E-state index >= 15 is 0 Å². The molecule has 26 heavy (non-hydrogen) atoms. The molecule has 2 heterocycles. The fraction of sp³-hybridized carbons (Fsp3) is 0.556. The molecule has 3 amide bonds. The second-order valence-corrected chi connectivity index (χ2v) is 8.28. The van der Waals surface area contributed by atoms with Crippen molar-refractivity contribution in [1.29, 1.82) is 0 Å². The zero-order valence-electron chi connectivity index (χ0n) is 15.2. The van der Waals surface area contributed by atoms with Crippen molar-refractivity contribution in [2.75, 3.05) is 18.4 Å². The Hall–Kier alpha value is -1.77. The summed E-state index contributed by atoms with van der Waals surface area (Å²) in [5.41, 5.74) is 12.7. The van der Waals surface area contributed by atoms with E-state index in [4.69, 9.17) is 5.73 Å². The van der Waals surface area contributed by atoms with Gasteiger partial charge in [-0.3, -0.25) is 15.6 Å². The quantitative estimate of drug-likeness (QED) is 0.641. The maximum Gasteiger partial charge on any atom is 0.321 e. The molecule has 0 radical (unpaired) electrons. The van der Waals surface area contributed by atoms with Gasteiger partial charge in [0.25, 0.3) is 0 Å². The summed E-state index contributed by atoms with van der Waals surface area (Å²) in [6, 6.07) is 8.33. The monoisotopic (exact) mass is 377 g/mol. The number of nitrogens with two attached hydrogens (primary N) is 1. The van der Waals surface area contributed by atoms with Crippen LogP contribution in [0.2, 0.25) is 0 Å². The van der Waals surface area contributed by atoms with E-state index in [0.29, 0.717) is 30.4 Å². The number of para-hydroxylation sites is 1. The molecule has 0 spiro atoms. The maximum absolute atomic E-state index is 12.7. The number of urea groups is 1. The highest BCUT2D eigenvalue weighted by Crippen LogP contribution is 2.35. The minimum atomic E-state index is -0.331. The third-order valence-corrected chi connectivity index (χ3v) is 6.73. The fourth-order valence-electron chi connectivity index (χ4n) is 3.47. The van der Waals surface area contributed by atoms with Gasteiger partial charge in [-0.15, -0.1) is 11.8 Å². The number of nitrogens with one attached hydrogen (secondary N) is 3. The van der Waals surface area contributed by atoms with Crippen LogP contribution in [0.1, 0.15) is 26.7 Å². The summed E-state index contributed by atoms with van der Waals surface area (Å²) in [5.74, 6) is -0.584. The van der Waals surface area contributed by atoms with Crippen LogP contribution in [0.3, 0.4) is 0 Å². The molecule has 3 atom stereocenters. The van der Waals surface area contributed by atoms with E-state index in [-0.39, 0.29) is 17.9 Å². The molecule has 5 N–H and O–H groups in total. The van der Waals surface area contributed by atoms with Gasteiger partial charge in [0.2, 0.25) is 5.91 Å². The number of likely N-dealkylation sites (tertiary alicyclic amines) is 1. The lowest BCUT2D eigenvalue weighted by Gasteiger charge is -2.31. The number of rotatable bonds is 4. The standard InChI is InChI=1S/C18H27N5O2S/c1-11-16(12(2)22-21-11)26-15-8-4-3-7-14(15)20-18(25)23-9-5-6-13(10-23)17(19)24/h3-4,7-8,11-13,16,21-22H,5-6,9-10H2,1-2H3,(H2,19,24)(H,20,25). The van der Waals surface area contributed by atoms with Crippen LogP contribution < -0.4 is 21.9 Å². The number of nitrogens with zero attached hydrogens (tertiary/aromatic N) is 1. The Morgan fingerprint density at radius 2 is 1.92 bits per heavy atom. The fourth-order valence-corrected chi connectivity index (χ4v) is 4.71. The molecule has 7 nitrogen and oxygen atoms in total. The van der Waals surface area contributed by atoms with Crippen molar-refractivity contribution < 1.29 is 9.59 Å². The lowest BCUT2D eigenvalue weighted by atomic mass is 9.98. The number of amides is 3. The molecule has 8 heteroatoms. The van der Waals surface area contributed by atoms with Crippen LogP contribution in [0.15, 0.2) is 29.2 Å². The molecular formula is C18H27N5O2S. The van der Waals surface area contributed by atoms with E-state index in [1.807, 2.05) is 24.3 Å². The van der Waals surface area contributed by atoms with Gasteiger partial charge in [0.05, 0.1) is 11.6 Å². The number of carbonyl (C=O) groups is 2. The van der Waals surface area contributed by atoms with Gasteiger partial charge in [-0.2, -0.15) is 0 Å². The summed E-state index contributed by atoms with van der Waals surface area (Å²) in [6.07, 6.45) is 1.55. The zero-order chi connectivity index (χ0) is 18.7. The SMILES string of the molecule is CC1NNC(C)C1Sc1ccccc1NC(=O)N1CCCC(C(N)=O)C1. The topological polar surface area (TPSA) is 99.5 Å². The number of benzene rings is 1. The zero-order valence-corrected chi connectivity index (χ0v) is 16.0. The van der Waals surface area contributed by atoms with E-state index in [1.165, 1.54) is 0 Å². The third kappa shape index (κ3) is 4.31. The summed E-state index contributed by atoms with van der Waals surface area (Å²) in [7, 11) is 0. The predicted molar refractivity (Wildman–Crippen MR) is 104 cm³/mol. The number of primary amides is 1. The number of hydrogen-bond donors (Lipinski definition) is 4. The minimum absolute atomic E-state index is 0.173. The van der Waals surface area contributed by atoms with Gasteiger partial charge in [0.15, 0.2) is 0 Å². The lowest BCUT2D eigenvalue weighted by Crippen LogP contribution is -2.45. The molecule has 3 rings (SSSR count). The van der Waals surface area contributed by atoms with Gasteiger partial charge < -0.3 is 16.0 Å². The van der Waals surface area contributed by atoms with Gasteiger partial charge in [-0.1, -0.05) is 12.1 Å². The molecule has 0 bridgehead atoms. The second-order valence-electron chi connectivity index (χ2n) is 7.06. The van der Waals surface area contributed by atoms with Crippen molar-refractivity contribution >= 4 is 29.4 Å². The molecule has 2 saturated heterocycles. The third-order valence-electron chi connectivity index (χ3n) is 5.03. The number of hydrogen-bond acceptors (Lipinski definition) is 5. The van der Waals surface area contributed by atoms with Crippen LogP contribution in [0.25, 0.3) is 0 Å². The Balaban J connectivity index is 1.68. The van der Waals surface area contributed by atoms with E-state index in [0.717, 1.165) is 23.4 Å². The van der Waals surface area contributed by atoms with Crippen molar-refractivity contribution in [2.24, 2.45) is 11.7 Å². The summed E-state index contributed by atoms with van der Waals surface area (Å²) in [6.45, 7) is 5.33. The predicted octanol–water partition coefficient (Wildman–Crippen LogP) is 1.76. The van der Waals surface area contributed by atoms with Crippen molar-refractivity contribution in [2.45, 2.75) is 48.9 Å². The van der Waals surface area contributed by atoms with Crippen molar-refractivity contribution in [1.82, 2.24) is 15.8 Å². The average molecular weight is 378 g/mol. The molecule has 0 aromatic heterocycles. The molecule has 0 aliphatic carbocycles. The number of hydrazine groups is 1. The molecule has 2 fully saturated rings. The van der Waals surface area contributed by atoms with Crippen LogP contribution in [-0.4, -0.2) is 47.3 Å². The maximum atomic E-state index is 12.7. The second kappa shape index (κ2) is 8.28. The van der Waals surface area contributed by atoms with Crippen LogP contribution in [0.5, 0.6) is 0 Å². The highest BCUT2D eigenvalue weighted by Gasteiger charge is 2.32. The van der Waals surface area contributed by atoms with E-state index in [2.05, 4.69) is 30.0 Å². The Labute approximate surface area is 158 Å². The Kier molecular flexibility index (Phi) is 6.05. The normalized spacial score (nSPS) is 28.8. The first-order chi connectivity index (χ1) is 12.5. The lowest BCUT2D eigenvalue weighted by molar-refractivity contribution is -0.123. The molecule has 142 valence electrons. The Morgan fingerprint density at radius 3 is 2.62 bits per heavy atom. The molecule has 0 saturated carbocycles. The number of anilines is 1. The minimum Gasteiger partial charge on any atom is -0.369 e. The van der Waals surface area contributed by atoms with Gasteiger partial charge in [0, 0.05) is 35.3 Å². The first-order valence-electron chi connectivity index (χ1n) is 9.07. The Bertz CT molecular complexity index is 661. The highest BCUT2D eigenvalue weighted by atomic mass is 32.2. The van der Waals surface area contributed by atoms with Crippen LogP contribution in [0, 0.1) is 5.92 Å². The van der Waals surface area contributed by atoms with E-state index in [1.54, 1.807) is 16.7 Å². The number of piperidine rings is 1. The number of thioether (sulfide) groups is 1. The number of carbonyl (C=O) groups excluding carboxylic acids is 2. The van der Waals surface area contributed by atoms with Crippen molar-refractivity contribution in [3.05, 3.63) is 24.3 Å². The van der Waals surface area contributed by atoms with Gasteiger partial charge in [-0.05, 0) is 38.8 Å². The molecule has 3 unspecified atom stereocenters. The molecule has 2 aliphatic rings. The van der Waals surface area contributed by atoms with Crippen LogP contribution in [-0.2, 0) is 4.79 Å². The molecular weight excluding hydrogens is 350 g/mol. The molecule has 1 aromatic rings. The van der Waals surface area contributed by atoms with Crippen LogP contribution in [0.4, 0.5) is 10.5 Å². The highest BCUT2D eigenvalue weighted by molar-refractivity contribution is 8.00. The van der Waals surface area contributed by atoms with Crippen LogP contribution >= 0.6 is 11.8 Å². The summed E-state index contributed by atoms with van der Waals surface area (Å²) >= 11 is 1.76.